The average molecular weight is 471 g/mol. The van der Waals surface area contributed by atoms with Gasteiger partial charge in [-0.15, -0.1) is 0 Å². The third-order valence-corrected chi connectivity index (χ3v) is 7.58. The van der Waals surface area contributed by atoms with Crippen LogP contribution in [0.25, 0.3) is 15.3 Å². The maximum atomic E-state index is 12.5. The Bertz CT molecular complexity index is 1390. The Morgan fingerprint density at radius 2 is 1.91 bits per heavy atom. The first-order valence-corrected chi connectivity index (χ1v) is 12.2. The fourth-order valence-corrected chi connectivity index (χ4v) is 5.51. The lowest BCUT2D eigenvalue weighted by atomic mass is 10.3. The van der Waals surface area contributed by atoms with Crippen LogP contribution in [0.2, 0.25) is 0 Å². The van der Waals surface area contributed by atoms with Gasteiger partial charge >= 0.3 is 0 Å². The minimum atomic E-state index is -3.54. The smallest absolute Gasteiger partial charge is 0.231 e. The third kappa shape index (κ3) is 3.92. The standard InChI is InChI=1S/C21H18N4O5S2/c1-13-9-19(23-20(26)7-8-32(27,28)14-5-3-2-4-6-14)25(24-13)21-22-15-10-16-17(30-12-29-16)11-18(15)31-21/h2-6,9-11H,7-8,12H2,1H3,(H,23,26). The predicted octanol–water partition coefficient (Wildman–Crippen LogP) is 3.32. The molecule has 5 rings (SSSR count). The summed E-state index contributed by atoms with van der Waals surface area (Å²) in [5, 5.41) is 7.75. The molecule has 0 fully saturated rings. The number of aryl methyl sites for hydroxylation is 1. The molecule has 32 heavy (non-hydrogen) atoms. The van der Waals surface area contributed by atoms with E-state index < -0.39 is 15.7 Å². The zero-order chi connectivity index (χ0) is 22.3. The minimum absolute atomic E-state index is 0.178. The van der Waals surface area contributed by atoms with Crippen LogP contribution >= 0.6 is 11.3 Å². The second-order valence-electron chi connectivity index (χ2n) is 7.18. The lowest BCUT2D eigenvalue weighted by molar-refractivity contribution is -0.115. The molecule has 164 valence electrons. The van der Waals surface area contributed by atoms with Crippen LogP contribution in [0, 0.1) is 6.92 Å². The van der Waals surface area contributed by atoms with Crippen molar-refractivity contribution in [2.45, 2.75) is 18.2 Å². The number of sulfone groups is 1. The highest BCUT2D eigenvalue weighted by Crippen LogP contribution is 2.38. The third-order valence-electron chi connectivity index (χ3n) is 4.85. The van der Waals surface area contributed by atoms with E-state index in [1.807, 2.05) is 6.07 Å². The Morgan fingerprint density at radius 1 is 1.16 bits per heavy atom. The summed E-state index contributed by atoms with van der Waals surface area (Å²) in [6.07, 6.45) is -0.178. The van der Waals surface area contributed by atoms with Crippen LogP contribution < -0.4 is 14.8 Å². The molecule has 11 heteroatoms. The van der Waals surface area contributed by atoms with Crippen LogP contribution in [-0.2, 0) is 14.6 Å². The highest BCUT2D eigenvalue weighted by molar-refractivity contribution is 7.91. The summed E-state index contributed by atoms with van der Waals surface area (Å²) < 4.78 is 38.1. The Kier molecular flexibility index (Phi) is 5.06. The quantitative estimate of drug-likeness (QED) is 0.460. The number of nitrogens with one attached hydrogen (secondary N) is 1. The van der Waals surface area contributed by atoms with E-state index in [9.17, 15) is 13.2 Å². The number of ether oxygens (including phenoxy) is 2. The van der Waals surface area contributed by atoms with Crippen molar-refractivity contribution in [2.75, 3.05) is 17.9 Å². The Morgan fingerprint density at radius 3 is 2.69 bits per heavy atom. The summed E-state index contributed by atoms with van der Waals surface area (Å²) in [5.41, 5.74) is 1.42. The van der Waals surface area contributed by atoms with E-state index in [2.05, 4.69) is 15.4 Å². The molecule has 0 aliphatic carbocycles. The molecular formula is C21H18N4O5S2. The van der Waals surface area contributed by atoms with Crippen molar-refractivity contribution < 1.29 is 22.7 Å². The number of thiazole rings is 1. The van der Waals surface area contributed by atoms with E-state index in [4.69, 9.17) is 9.47 Å². The Hall–Kier alpha value is -3.44. The van der Waals surface area contributed by atoms with E-state index >= 15 is 0 Å². The number of carbonyl (C=O) groups is 1. The average Bonchev–Trinajstić information content (AvgIpc) is 3.48. The zero-order valence-electron chi connectivity index (χ0n) is 16.9. The van der Waals surface area contributed by atoms with Crippen LogP contribution in [0.4, 0.5) is 5.82 Å². The number of anilines is 1. The van der Waals surface area contributed by atoms with E-state index in [0.717, 1.165) is 10.2 Å². The number of carbonyl (C=O) groups excluding carboxylic acids is 1. The van der Waals surface area contributed by atoms with Crippen LogP contribution in [-0.4, -0.2) is 41.6 Å². The van der Waals surface area contributed by atoms with Crippen LogP contribution in [0.3, 0.4) is 0 Å². The number of aromatic nitrogens is 3. The molecule has 0 unspecified atom stereocenters. The summed E-state index contributed by atoms with van der Waals surface area (Å²) in [6, 6.07) is 13.5. The molecule has 1 aliphatic heterocycles. The maximum absolute atomic E-state index is 12.5. The van der Waals surface area contributed by atoms with E-state index in [-0.39, 0.29) is 23.9 Å². The Balaban J connectivity index is 1.35. The predicted molar refractivity (Wildman–Crippen MR) is 119 cm³/mol. The zero-order valence-corrected chi connectivity index (χ0v) is 18.6. The highest BCUT2D eigenvalue weighted by Gasteiger charge is 2.20. The van der Waals surface area contributed by atoms with Crippen molar-refractivity contribution >= 4 is 43.1 Å². The number of amides is 1. The molecule has 3 heterocycles. The lowest BCUT2D eigenvalue weighted by Gasteiger charge is -2.07. The van der Waals surface area contributed by atoms with Crippen LogP contribution in [0.5, 0.6) is 11.5 Å². The van der Waals surface area contributed by atoms with Gasteiger partial charge in [-0.2, -0.15) is 9.78 Å². The Labute approximate surface area is 187 Å². The van der Waals surface area contributed by atoms with Crippen molar-refractivity contribution in [3.05, 3.63) is 54.2 Å². The van der Waals surface area contributed by atoms with Crippen LogP contribution in [0.1, 0.15) is 12.1 Å². The summed E-state index contributed by atoms with van der Waals surface area (Å²) in [5.74, 6) is 1.01. The maximum Gasteiger partial charge on any atom is 0.231 e. The first kappa shape index (κ1) is 20.5. The SMILES string of the molecule is Cc1cc(NC(=O)CCS(=O)(=O)c2ccccc2)n(-c2nc3cc4c(cc3s2)OCO4)n1. The van der Waals surface area contributed by atoms with Gasteiger partial charge in [-0.1, -0.05) is 29.5 Å². The monoisotopic (exact) mass is 470 g/mol. The second-order valence-corrected chi connectivity index (χ2v) is 10.3. The van der Waals surface area contributed by atoms with Crippen molar-refractivity contribution in [3.8, 4) is 16.6 Å². The number of fused-ring (bicyclic) bond motifs is 2. The van der Waals surface area contributed by atoms with Gasteiger partial charge in [0.1, 0.15) is 5.82 Å². The van der Waals surface area contributed by atoms with E-state index in [1.165, 1.54) is 28.2 Å². The fourth-order valence-electron chi connectivity index (χ4n) is 3.31. The molecule has 9 nitrogen and oxygen atoms in total. The summed E-state index contributed by atoms with van der Waals surface area (Å²) in [4.78, 5) is 17.3. The molecule has 2 aromatic carbocycles. The molecular weight excluding hydrogens is 452 g/mol. The molecule has 1 N–H and O–H groups in total. The molecule has 0 radical (unpaired) electrons. The summed E-state index contributed by atoms with van der Waals surface area (Å²) >= 11 is 1.39. The molecule has 0 atom stereocenters. The lowest BCUT2D eigenvalue weighted by Crippen LogP contribution is -2.19. The normalized spacial score (nSPS) is 12.9. The summed E-state index contributed by atoms with van der Waals surface area (Å²) in [6.45, 7) is 1.99. The van der Waals surface area contributed by atoms with Gasteiger partial charge in [0, 0.05) is 24.6 Å². The van der Waals surface area contributed by atoms with Gasteiger partial charge < -0.3 is 14.8 Å². The number of hydrogen-bond donors (Lipinski definition) is 1. The number of hydrogen-bond acceptors (Lipinski definition) is 8. The molecule has 0 bridgehead atoms. The fraction of sp³-hybridized carbons (Fsp3) is 0.190. The second kappa shape index (κ2) is 7.92. The minimum Gasteiger partial charge on any atom is -0.454 e. The topological polar surface area (TPSA) is 112 Å². The van der Waals surface area contributed by atoms with Gasteiger partial charge in [-0.3, -0.25) is 4.79 Å². The van der Waals surface area contributed by atoms with Gasteiger partial charge in [0.2, 0.25) is 17.8 Å². The van der Waals surface area contributed by atoms with E-state index in [0.29, 0.717) is 28.1 Å². The summed E-state index contributed by atoms with van der Waals surface area (Å²) in [7, 11) is -3.54. The van der Waals surface area contributed by atoms with Gasteiger partial charge in [0.25, 0.3) is 0 Å². The first-order chi connectivity index (χ1) is 15.4. The van der Waals surface area contributed by atoms with Gasteiger partial charge in [0.15, 0.2) is 21.3 Å². The number of nitrogens with zero attached hydrogens (tertiary/aromatic N) is 3. The molecule has 0 spiro atoms. The van der Waals surface area contributed by atoms with Gasteiger partial charge in [0.05, 0.1) is 26.6 Å². The van der Waals surface area contributed by atoms with Crippen LogP contribution in [0.15, 0.2) is 53.4 Å². The number of rotatable bonds is 6. The largest absolute Gasteiger partial charge is 0.454 e. The first-order valence-electron chi connectivity index (χ1n) is 9.74. The van der Waals surface area contributed by atoms with Crippen molar-refractivity contribution in [1.29, 1.82) is 0 Å². The highest BCUT2D eigenvalue weighted by atomic mass is 32.2. The molecule has 1 amide bonds. The van der Waals surface area contributed by atoms with Crippen molar-refractivity contribution in [1.82, 2.24) is 14.8 Å². The number of benzene rings is 2. The molecule has 2 aromatic heterocycles. The molecule has 0 saturated carbocycles. The molecule has 4 aromatic rings. The van der Waals surface area contributed by atoms with Crippen molar-refractivity contribution in [3.63, 3.8) is 0 Å². The van der Waals surface area contributed by atoms with Crippen molar-refractivity contribution in [2.24, 2.45) is 0 Å². The van der Waals surface area contributed by atoms with Gasteiger partial charge in [-0.05, 0) is 19.1 Å². The van der Waals surface area contributed by atoms with E-state index in [1.54, 1.807) is 37.3 Å². The molecule has 0 saturated heterocycles. The molecule has 1 aliphatic rings. The van der Waals surface area contributed by atoms with Gasteiger partial charge in [-0.25, -0.2) is 13.4 Å².